The molecule has 0 aliphatic heterocycles. The van der Waals surface area contributed by atoms with Gasteiger partial charge in [-0.15, -0.1) is 0 Å². The molecule has 18 heavy (non-hydrogen) atoms. The van der Waals surface area contributed by atoms with E-state index in [1.54, 1.807) is 13.0 Å². The third-order valence-corrected chi connectivity index (χ3v) is 3.50. The zero-order valence-electron chi connectivity index (χ0n) is 9.72. The van der Waals surface area contributed by atoms with Crippen LogP contribution in [0.3, 0.4) is 0 Å². The van der Waals surface area contributed by atoms with Crippen molar-refractivity contribution >= 4 is 25.7 Å². The monoisotopic (exact) mass is 292 g/mol. The summed E-state index contributed by atoms with van der Waals surface area (Å²) in [5, 5.41) is 8.46. The Morgan fingerprint density at radius 3 is 2.67 bits per heavy atom. The summed E-state index contributed by atoms with van der Waals surface area (Å²) in [6.07, 6.45) is 0.264. The summed E-state index contributed by atoms with van der Waals surface area (Å²) in [5.74, 6) is -0.784. The number of carboxylic acids is 1. The highest BCUT2D eigenvalue weighted by Crippen LogP contribution is 2.28. The van der Waals surface area contributed by atoms with Crippen LogP contribution in [0.5, 0.6) is 5.75 Å². The fraction of sp³-hybridized carbons (Fsp3) is 0.364. The second kappa shape index (κ2) is 6.06. The first-order chi connectivity index (χ1) is 8.30. The normalized spacial score (nSPS) is 11.2. The number of ether oxygens (including phenoxy) is 1. The lowest BCUT2D eigenvalue weighted by atomic mass is 10.2. The molecule has 0 saturated carbocycles. The molecule has 0 aromatic heterocycles. The Bertz CT molecular complexity index is 538. The van der Waals surface area contributed by atoms with Crippen LogP contribution >= 0.6 is 10.7 Å². The van der Waals surface area contributed by atoms with Crippen LogP contribution in [0.4, 0.5) is 0 Å². The van der Waals surface area contributed by atoms with E-state index >= 15 is 0 Å². The Kier molecular flexibility index (Phi) is 4.98. The first-order valence-corrected chi connectivity index (χ1v) is 7.51. The Morgan fingerprint density at radius 2 is 2.11 bits per heavy atom. The molecule has 0 aliphatic carbocycles. The van der Waals surface area contributed by atoms with Gasteiger partial charge < -0.3 is 9.84 Å². The van der Waals surface area contributed by atoms with Gasteiger partial charge in [0, 0.05) is 17.1 Å². The minimum absolute atomic E-state index is 0.0329. The van der Waals surface area contributed by atoms with Gasteiger partial charge in [0.15, 0.2) is 0 Å². The maximum Gasteiger partial charge on any atom is 0.303 e. The zero-order valence-corrected chi connectivity index (χ0v) is 11.3. The lowest BCUT2D eigenvalue weighted by molar-refractivity contribution is -0.137. The number of benzene rings is 1. The summed E-state index contributed by atoms with van der Waals surface area (Å²) in [6, 6.07) is 4.61. The first kappa shape index (κ1) is 14.8. The van der Waals surface area contributed by atoms with Crippen LogP contribution in [0.25, 0.3) is 0 Å². The molecule has 1 aromatic carbocycles. The molecule has 0 unspecified atom stereocenters. The number of aliphatic carboxylic acids is 1. The molecule has 5 nitrogen and oxygen atoms in total. The van der Waals surface area contributed by atoms with Crippen LogP contribution in [0.2, 0.25) is 0 Å². The fourth-order valence-corrected chi connectivity index (χ4v) is 2.39. The summed E-state index contributed by atoms with van der Waals surface area (Å²) in [6.45, 7) is 1.86. The molecule has 0 spiro atoms. The number of rotatable bonds is 6. The Hall–Kier alpha value is -1.27. The molecule has 0 atom stereocenters. The average molecular weight is 293 g/mol. The molecule has 0 bridgehead atoms. The standard InChI is InChI=1S/C11H13ClO5S/c1-8-4-5-9(10(7-8)18(12,15)16)17-6-2-3-11(13)14/h4-5,7H,2-3,6H2,1H3,(H,13,14). The van der Waals surface area contributed by atoms with Gasteiger partial charge in [0.25, 0.3) is 9.05 Å². The first-order valence-electron chi connectivity index (χ1n) is 5.20. The maximum atomic E-state index is 11.3. The number of carbonyl (C=O) groups is 1. The Morgan fingerprint density at radius 1 is 1.44 bits per heavy atom. The van der Waals surface area contributed by atoms with E-state index in [1.165, 1.54) is 12.1 Å². The van der Waals surface area contributed by atoms with Crippen LogP contribution in [-0.2, 0) is 13.8 Å². The predicted molar refractivity (Wildman–Crippen MR) is 66.6 cm³/mol. The maximum absolute atomic E-state index is 11.3. The van der Waals surface area contributed by atoms with Gasteiger partial charge >= 0.3 is 5.97 Å². The molecule has 7 heteroatoms. The van der Waals surface area contributed by atoms with E-state index in [9.17, 15) is 13.2 Å². The predicted octanol–water partition coefficient (Wildman–Crippen LogP) is 2.17. The molecular weight excluding hydrogens is 280 g/mol. The molecule has 0 heterocycles. The van der Waals surface area contributed by atoms with Crippen molar-refractivity contribution in [1.82, 2.24) is 0 Å². The SMILES string of the molecule is Cc1ccc(OCCCC(=O)O)c(S(=O)(=O)Cl)c1. The van der Waals surface area contributed by atoms with Gasteiger partial charge in [0.05, 0.1) is 6.61 Å². The summed E-state index contributed by atoms with van der Waals surface area (Å²) >= 11 is 0. The quantitative estimate of drug-likeness (QED) is 0.642. The van der Waals surface area contributed by atoms with Gasteiger partial charge in [0.2, 0.25) is 0 Å². The molecule has 100 valence electrons. The van der Waals surface area contributed by atoms with Crippen LogP contribution < -0.4 is 4.74 Å². The van der Waals surface area contributed by atoms with Gasteiger partial charge in [-0.25, -0.2) is 8.42 Å². The minimum atomic E-state index is -3.88. The molecule has 0 fully saturated rings. The third-order valence-electron chi connectivity index (χ3n) is 2.15. The van der Waals surface area contributed by atoms with Gasteiger partial charge in [-0.1, -0.05) is 6.07 Å². The van der Waals surface area contributed by atoms with Crippen molar-refractivity contribution in [3.63, 3.8) is 0 Å². The lowest BCUT2D eigenvalue weighted by Gasteiger charge is -2.09. The minimum Gasteiger partial charge on any atom is -0.492 e. The van der Waals surface area contributed by atoms with E-state index in [-0.39, 0.29) is 23.7 Å². The van der Waals surface area contributed by atoms with E-state index in [1.807, 2.05) is 0 Å². The summed E-state index contributed by atoms with van der Waals surface area (Å²) in [4.78, 5) is 10.2. The molecule has 0 amide bonds. The van der Waals surface area contributed by atoms with E-state index in [4.69, 9.17) is 20.5 Å². The van der Waals surface area contributed by atoms with Crippen molar-refractivity contribution < 1.29 is 23.1 Å². The van der Waals surface area contributed by atoms with Crippen molar-refractivity contribution in [1.29, 1.82) is 0 Å². The van der Waals surface area contributed by atoms with Crippen LogP contribution in [0, 0.1) is 6.92 Å². The Balaban J connectivity index is 2.80. The summed E-state index contributed by atoms with van der Waals surface area (Å²) < 4.78 is 27.9. The lowest BCUT2D eigenvalue weighted by Crippen LogP contribution is -2.04. The van der Waals surface area contributed by atoms with E-state index in [2.05, 4.69) is 0 Å². The van der Waals surface area contributed by atoms with Gasteiger partial charge in [0.1, 0.15) is 10.6 Å². The highest BCUT2D eigenvalue weighted by atomic mass is 35.7. The van der Waals surface area contributed by atoms with Crippen LogP contribution in [0.1, 0.15) is 18.4 Å². The molecule has 1 aromatic rings. The molecule has 0 saturated heterocycles. The van der Waals surface area contributed by atoms with Crippen LogP contribution in [0.15, 0.2) is 23.1 Å². The fourth-order valence-electron chi connectivity index (χ4n) is 1.33. The van der Waals surface area contributed by atoms with E-state index in [0.29, 0.717) is 6.42 Å². The smallest absolute Gasteiger partial charge is 0.303 e. The number of hydrogen-bond acceptors (Lipinski definition) is 4. The van der Waals surface area contributed by atoms with E-state index in [0.717, 1.165) is 5.56 Å². The van der Waals surface area contributed by atoms with Crippen molar-refractivity contribution in [2.24, 2.45) is 0 Å². The molecular formula is C11H13ClO5S. The molecule has 1 N–H and O–H groups in total. The summed E-state index contributed by atoms with van der Waals surface area (Å²) in [5.41, 5.74) is 0.743. The van der Waals surface area contributed by atoms with Gasteiger partial charge in [-0.2, -0.15) is 0 Å². The van der Waals surface area contributed by atoms with Crippen molar-refractivity contribution in [3.05, 3.63) is 23.8 Å². The van der Waals surface area contributed by atoms with Crippen molar-refractivity contribution in [3.8, 4) is 5.75 Å². The van der Waals surface area contributed by atoms with Gasteiger partial charge in [-0.05, 0) is 31.0 Å². The topological polar surface area (TPSA) is 80.7 Å². The second-order valence-electron chi connectivity index (χ2n) is 3.73. The largest absolute Gasteiger partial charge is 0.492 e. The molecule has 1 rings (SSSR count). The zero-order chi connectivity index (χ0) is 13.8. The highest BCUT2D eigenvalue weighted by Gasteiger charge is 2.17. The third kappa shape index (κ3) is 4.54. The van der Waals surface area contributed by atoms with Crippen LogP contribution in [-0.4, -0.2) is 26.1 Å². The van der Waals surface area contributed by atoms with Crippen molar-refractivity contribution in [2.45, 2.75) is 24.7 Å². The van der Waals surface area contributed by atoms with Gasteiger partial charge in [-0.3, -0.25) is 4.79 Å². The Labute approximate surface area is 110 Å². The van der Waals surface area contributed by atoms with E-state index < -0.39 is 15.0 Å². The average Bonchev–Trinajstić information content (AvgIpc) is 2.24. The molecule has 0 radical (unpaired) electrons. The number of carboxylic acid groups (broad SMARTS) is 1. The molecule has 0 aliphatic rings. The van der Waals surface area contributed by atoms with Crippen molar-refractivity contribution in [2.75, 3.05) is 6.61 Å². The number of aryl methyl sites for hydroxylation is 1. The number of hydrogen-bond donors (Lipinski definition) is 1. The number of halogens is 1. The summed E-state index contributed by atoms with van der Waals surface area (Å²) in [7, 11) is 1.42. The highest BCUT2D eigenvalue weighted by molar-refractivity contribution is 8.13. The second-order valence-corrected chi connectivity index (χ2v) is 6.27.